The van der Waals surface area contributed by atoms with E-state index in [1.54, 1.807) is 31.4 Å². The summed E-state index contributed by atoms with van der Waals surface area (Å²) in [4.78, 5) is 28.6. The van der Waals surface area contributed by atoms with Crippen LogP contribution in [-0.2, 0) is 20.9 Å². The van der Waals surface area contributed by atoms with Crippen molar-refractivity contribution in [3.8, 4) is 5.75 Å². The van der Waals surface area contributed by atoms with Gasteiger partial charge in [0, 0.05) is 68.3 Å². The van der Waals surface area contributed by atoms with Crippen molar-refractivity contribution in [2.45, 2.75) is 27.4 Å². The molecular formula is C34H41N5O4. The standard InChI is InChI=1S/C34H41N5O4/c1-34(2,3)32-22-29(38-32)27-10-11-31(28-9-7-6-8-26(27)28)43-23-24-12-14-36-25(20-24)21-30(37-15-13-35)33(40)39(16-18-41-4)17-19-42-5/h6-12,14-15,20-22H,13,16-19,23,35H2,1-5H3. The Kier molecular flexibility index (Phi) is 10.9. The molecule has 0 aliphatic carbocycles. The molecule has 1 aliphatic rings. The van der Waals surface area contributed by atoms with Gasteiger partial charge in [-0.15, -0.1) is 0 Å². The Labute approximate surface area is 253 Å². The maximum absolute atomic E-state index is 13.4. The molecule has 0 atom stereocenters. The van der Waals surface area contributed by atoms with E-state index in [9.17, 15) is 4.79 Å². The minimum absolute atomic E-state index is 0.0269. The van der Waals surface area contributed by atoms with Gasteiger partial charge in [0.2, 0.25) is 0 Å². The zero-order valence-electron chi connectivity index (χ0n) is 25.7. The molecule has 2 heterocycles. The number of allylic oxidation sites excluding steroid dienone is 1. The molecule has 0 saturated heterocycles. The fraction of sp³-hybridized carbons (Fsp3) is 0.353. The van der Waals surface area contributed by atoms with Gasteiger partial charge in [0.25, 0.3) is 5.91 Å². The minimum Gasteiger partial charge on any atom is -0.488 e. The van der Waals surface area contributed by atoms with Crippen molar-refractivity contribution < 1.29 is 19.0 Å². The Bertz CT molecular complexity index is 1540. The van der Waals surface area contributed by atoms with Crippen LogP contribution in [0.5, 0.6) is 5.75 Å². The van der Waals surface area contributed by atoms with E-state index in [1.807, 2.05) is 30.3 Å². The van der Waals surface area contributed by atoms with Crippen molar-refractivity contribution in [3.05, 3.63) is 83.3 Å². The van der Waals surface area contributed by atoms with Gasteiger partial charge in [0.1, 0.15) is 18.1 Å². The SMILES string of the molecule is COCCN(CCOC)C(=O)C(=Cc1cc(COc2ccc(C3=CC(C(C)(C)C)=N3)c3ccccc23)ccn1)N=CCN. The maximum atomic E-state index is 13.4. The van der Waals surface area contributed by atoms with Crippen LogP contribution in [0.1, 0.15) is 37.6 Å². The fourth-order valence-electron chi connectivity index (χ4n) is 4.55. The van der Waals surface area contributed by atoms with E-state index in [-0.39, 0.29) is 23.6 Å². The third kappa shape index (κ3) is 8.22. The Balaban J connectivity index is 1.54. The second-order valence-corrected chi connectivity index (χ2v) is 11.2. The number of hydrogen-bond donors (Lipinski definition) is 1. The number of carbonyl (C=O) groups excluding carboxylic acids is 1. The van der Waals surface area contributed by atoms with Gasteiger partial charge < -0.3 is 24.8 Å². The van der Waals surface area contributed by atoms with Crippen LogP contribution in [0.15, 0.2) is 76.5 Å². The highest BCUT2D eigenvalue weighted by molar-refractivity contribution is 6.15. The Morgan fingerprint density at radius 2 is 1.72 bits per heavy atom. The number of rotatable bonds is 14. The molecule has 9 nitrogen and oxygen atoms in total. The van der Waals surface area contributed by atoms with E-state index in [2.05, 4.69) is 55.0 Å². The van der Waals surface area contributed by atoms with Crippen LogP contribution < -0.4 is 10.5 Å². The van der Waals surface area contributed by atoms with Crippen LogP contribution in [0.3, 0.4) is 0 Å². The summed E-state index contributed by atoms with van der Waals surface area (Å²) >= 11 is 0. The number of ether oxygens (including phenoxy) is 3. The molecule has 43 heavy (non-hydrogen) atoms. The average molecular weight is 584 g/mol. The summed E-state index contributed by atoms with van der Waals surface area (Å²) in [5.74, 6) is 0.526. The summed E-state index contributed by atoms with van der Waals surface area (Å²) in [6.45, 7) is 8.64. The first-order valence-electron chi connectivity index (χ1n) is 14.4. The molecule has 226 valence electrons. The van der Waals surface area contributed by atoms with Gasteiger partial charge in [-0.3, -0.25) is 19.8 Å². The monoisotopic (exact) mass is 583 g/mol. The van der Waals surface area contributed by atoms with E-state index in [0.29, 0.717) is 38.6 Å². The maximum Gasteiger partial charge on any atom is 0.272 e. The van der Waals surface area contributed by atoms with Crippen molar-refractivity contribution in [2.75, 3.05) is 47.1 Å². The lowest BCUT2D eigenvalue weighted by molar-refractivity contribution is -0.128. The average Bonchev–Trinajstić information content (AvgIpc) is 2.97. The van der Waals surface area contributed by atoms with Crippen molar-refractivity contribution in [2.24, 2.45) is 21.1 Å². The molecule has 0 spiro atoms. The second kappa shape index (κ2) is 14.8. The van der Waals surface area contributed by atoms with E-state index in [4.69, 9.17) is 24.9 Å². The summed E-state index contributed by atoms with van der Waals surface area (Å²) in [6.07, 6.45) is 7.03. The van der Waals surface area contributed by atoms with Gasteiger partial charge in [0.15, 0.2) is 0 Å². The molecule has 0 saturated carbocycles. The molecular weight excluding hydrogens is 542 g/mol. The van der Waals surface area contributed by atoms with E-state index >= 15 is 0 Å². The third-order valence-electron chi connectivity index (χ3n) is 6.94. The first-order chi connectivity index (χ1) is 20.7. The number of nitrogens with two attached hydrogens (primary N) is 1. The normalized spacial score (nSPS) is 13.6. The van der Waals surface area contributed by atoms with Crippen LogP contribution in [0.4, 0.5) is 0 Å². The zero-order chi connectivity index (χ0) is 30.8. The molecule has 0 radical (unpaired) electrons. The Morgan fingerprint density at radius 1 is 1.02 bits per heavy atom. The number of hydrogen-bond acceptors (Lipinski definition) is 8. The lowest BCUT2D eigenvalue weighted by atomic mass is 9.85. The predicted octanol–water partition coefficient (Wildman–Crippen LogP) is 5.15. The van der Waals surface area contributed by atoms with Crippen LogP contribution in [0.2, 0.25) is 0 Å². The predicted molar refractivity (Wildman–Crippen MR) is 173 cm³/mol. The molecule has 1 amide bonds. The largest absolute Gasteiger partial charge is 0.488 e. The molecule has 2 aromatic carbocycles. The Morgan fingerprint density at radius 3 is 2.37 bits per heavy atom. The molecule has 3 aromatic rings. The zero-order valence-corrected chi connectivity index (χ0v) is 25.7. The second-order valence-electron chi connectivity index (χ2n) is 11.2. The highest BCUT2D eigenvalue weighted by Gasteiger charge is 2.25. The number of aromatic nitrogens is 1. The number of benzene rings is 2. The molecule has 1 aromatic heterocycles. The van der Waals surface area contributed by atoms with Crippen LogP contribution in [0, 0.1) is 5.41 Å². The van der Waals surface area contributed by atoms with E-state index < -0.39 is 0 Å². The molecule has 1 aliphatic heterocycles. The molecule has 0 bridgehead atoms. The Hall–Kier alpha value is -4.18. The minimum atomic E-state index is -0.255. The van der Waals surface area contributed by atoms with Crippen LogP contribution in [-0.4, -0.2) is 74.8 Å². The number of methoxy groups -OCH3 is 2. The van der Waals surface area contributed by atoms with Crippen molar-refractivity contribution in [3.63, 3.8) is 0 Å². The smallest absolute Gasteiger partial charge is 0.272 e. The molecule has 0 unspecified atom stereocenters. The number of amides is 1. The highest BCUT2D eigenvalue weighted by Crippen LogP contribution is 2.37. The molecule has 2 N–H and O–H groups in total. The van der Waals surface area contributed by atoms with Crippen molar-refractivity contribution in [1.82, 2.24) is 9.88 Å². The quantitative estimate of drug-likeness (QED) is 0.208. The summed E-state index contributed by atoms with van der Waals surface area (Å²) in [6, 6.07) is 16.1. The molecule has 9 heteroatoms. The first kappa shape index (κ1) is 31.7. The van der Waals surface area contributed by atoms with Crippen molar-refractivity contribution in [1.29, 1.82) is 0 Å². The summed E-state index contributed by atoms with van der Waals surface area (Å²) in [5.41, 5.74) is 10.6. The van der Waals surface area contributed by atoms with Crippen molar-refractivity contribution >= 4 is 40.4 Å². The van der Waals surface area contributed by atoms with Gasteiger partial charge in [-0.25, -0.2) is 0 Å². The topological polar surface area (TPSA) is 112 Å². The van der Waals surface area contributed by atoms with E-state index in [1.165, 1.54) is 6.21 Å². The number of carbonyl (C=O) groups is 1. The fourth-order valence-corrected chi connectivity index (χ4v) is 4.55. The third-order valence-corrected chi connectivity index (χ3v) is 6.94. The van der Waals surface area contributed by atoms with E-state index in [0.717, 1.165) is 39.1 Å². The highest BCUT2D eigenvalue weighted by atomic mass is 16.5. The number of pyridine rings is 1. The molecule has 0 fully saturated rings. The van der Waals surface area contributed by atoms with Gasteiger partial charge >= 0.3 is 0 Å². The summed E-state index contributed by atoms with van der Waals surface area (Å²) in [5, 5.41) is 2.11. The van der Waals surface area contributed by atoms with Crippen LogP contribution in [0.25, 0.3) is 22.5 Å². The van der Waals surface area contributed by atoms with Crippen LogP contribution >= 0.6 is 0 Å². The number of aliphatic imine (C=N–C) groups is 2. The van der Waals surface area contributed by atoms with Gasteiger partial charge in [-0.1, -0.05) is 45.0 Å². The summed E-state index contributed by atoms with van der Waals surface area (Å²) in [7, 11) is 3.19. The number of fused-ring (bicyclic) bond motifs is 1. The first-order valence-corrected chi connectivity index (χ1v) is 14.4. The van der Waals surface area contributed by atoms with Gasteiger partial charge in [0.05, 0.1) is 24.6 Å². The lowest BCUT2D eigenvalue weighted by Gasteiger charge is -2.26. The van der Waals surface area contributed by atoms with Gasteiger partial charge in [-0.2, -0.15) is 0 Å². The summed E-state index contributed by atoms with van der Waals surface area (Å²) < 4.78 is 16.7. The molecule has 4 rings (SSSR count). The lowest BCUT2D eigenvalue weighted by Crippen LogP contribution is -2.37. The van der Waals surface area contributed by atoms with Gasteiger partial charge in [-0.05, 0) is 47.4 Å². The number of nitrogens with zero attached hydrogens (tertiary/aromatic N) is 4.